The van der Waals surface area contributed by atoms with E-state index in [0.29, 0.717) is 29.7 Å². The highest BCUT2D eigenvalue weighted by atomic mass is 19.1. The van der Waals surface area contributed by atoms with Gasteiger partial charge in [-0.05, 0) is 93.0 Å². The van der Waals surface area contributed by atoms with Crippen molar-refractivity contribution in [1.29, 1.82) is 5.26 Å². The van der Waals surface area contributed by atoms with Gasteiger partial charge in [0.1, 0.15) is 23.3 Å². The molecule has 0 radical (unpaired) electrons. The van der Waals surface area contributed by atoms with Crippen molar-refractivity contribution in [2.75, 3.05) is 23.7 Å². The Morgan fingerprint density at radius 3 is 2.69 bits per heavy atom. The van der Waals surface area contributed by atoms with Gasteiger partial charge in [-0.2, -0.15) is 19.6 Å². The van der Waals surface area contributed by atoms with E-state index in [1.807, 2.05) is 0 Å². The predicted octanol–water partition coefficient (Wildman–Crippen LogP) is 3.84. The SMILES string of the molecule is CC[C@@H]1CCCN1C(C)(C)CCNc1nc(Nc2cc(-n3nnn(C)c3=O)c(C3CC3)cc2F)ncc1C#N. The Bertz CT molecular complexity index is 1450. The van der Waals surface area contributed by atoms with Crippen LogP contribution >= 0.6 is 0 Å². The number of nitriles is 1. The van der Waals surface area contributed by atoms with Gasteiger partial charge in [0.2, 0.25) is 5.95 Å². The van der Waals surface area contributed by atoms with Gasteiger partial charge in [0.25, 0.3) is 0 Å². The van der Waals surface area contributed by atoms with Crippen LogP contribution in [0.5, 0.6) is 0 Å². The average molecular weight is 535 g/mol. The molecular weight excluding hydrogens is 499 g/mol. The minimum atomic E-state index is -0.488. The molecule has 39 heavy (non-hydrogen) atoms. The fourth-order valence-corrected chi connectivity index (χ4v) is 5.51. The molecule has 2 aromatic heterocycles. The van der Waals surface area contributed by atoms with Crippen molar-refractivity contribution in [1.82, 2.24) is 34.7 Å². The second-order valence-corrected chi connectivity index (χ2v) is 11.0. The van der Waals surface area contributed by atoms with Gasteiger partial charge in [-0.1, -0.05) is 6.92 Å². The third-order valence-corrected chi connectivity index (χ3v) is 7.89. The van der Waals surface area contributed by atoms with Crippen molar-refractivity contribution in [3.63, 3.8) is 0 Å². The molecule has 3 aromatic rings. The molecule has 2 N–H and O–H groups in total. The van der Waals surface area contributed by atoms with Crippen LogP contribution in [0.3, 0.4) is 0 Å². The number of nitrogens with one attached hydrogen (secondary N) is 2. The summed E-state index contributed by atoms with van der Waals surface area (Å²) in [5.74, 6) is 0.214. The Labute approximate surface area is 227 Å². The number of nitrogens with zero attached hydrogens (tertiary/aromatic N) is 8. The molecule has 1 atom stereocenters. The molecule has 1 aromatic carbocycles. The molecule has 0 amide bonds. The third kappa shape index (κ3) is 5.49. The van der Waals surface area contributed by atoms with E-state index in [9.17, 15) is 10.1 Å². The zero-order valence-corrected chi connectivity index (χ0v) is 22.9. The Morgan fingerprint density at radius 1 is 1.23 bits per heavy atom. The molecule has 1 aliphatic heterocycles. The van der Waals surface area contributed by atoms with Gasteiger partial charge in [-0.25, -0.2) is 14.2 Å². The molecule has 1 saturated heterocycles. The lowest BCUT2D eigenvalue weighted by Gasteiger charge is -2.40. The summed E-state index contributed by atoms with van der Waals surface area (Å²) in [5, 5.41) is 23.6. The van der Waals surface area contributed by atoms with Crippen LogP contribution in [0.15, 0.2) is 23.1 Å². The van der Waals surface area contributed by atoms with Crippen LogP contribution in [0.4, 0.5) is 21.8 Å². The molecule has 3 heterocycles. The van der Waals surface area contributed by atoms with Gasteiger partial charge in [-0.15, -0.1) is 0 Å². The number of likely N-dealkylation sites (tertiary alicyclic amines) is 1. The second-order valence-electron chi connectivity index (χ2n) is 11.0. The van der Waals surface area contributed by atoms with Crippen molar-refractivity contribution in [3.8, 4) is 11.8 Å². The lowest BCUT2D eigenvalue weighted by atomic mass is 9.96. The fourth-order valence-electron chi connectivity index (χ4n) is 5.51. The Balaban J connectivity index is 1.36. The molecule has 0 spiro atoms. The normalized spacial score (nSPS) is 17.8. The molecule has 2 fully saturated rings. The maximum absolute atomic E-state index is 15.2. The molecule has 0 unspecified atom stereocenters. The first-order valence-electron chi connectivity index (χ1n) is 13.6. The smallest absolute Gasteiger partial charge is 0.368 e. The quantitative estimate of drug-likeness (QED) is 0.398. The minimum Gasteiger partial charge on any atom is -0.369 e. The second kappa shape index (κ2) is 10.7. The molecule has 11 nitrogen and oxygen atoms in total. The van der Waals surface area contributed by atoms with Crippen LogP contribution in [0.25, 0.3) is 5.69 Å². The molecular formula is C27H35FN10O. The number of aromatic nitrogens is 6. The van der Waals surface area contributed by atoms with E-state index >= 15 is 4.39 Å². The maximum atomic E-state index is 15.2. The van der Waals surface area contributed by atoms with E-state index in [2.05, 4.69) is 62.8 Å². The number of hydrogen-bond donors (Lipinski definition) is 2. The van der Waals surface area contributed by atoms with Crippen LogP contribution in [0, 0.1) is 17.1 Å². The van der Waals surface area contributed by atoms with Crippen LogP contribution in [0.1, 0.15) is 76.3 Å². The topological polar surface area (TPSA) is 130 Å². The van der Waals surface area contributed by atoms with Crippen molar-refractivity contribution in [2.45, 2.75) is 76.8 Å². The van der Waals surface area contributed by atoms with E-state index in [1.165, 1.54) is 42.9 Å². The zero-order chi connectivity index (χ0) is 27.7. The lowest BCUT2D eigenvalue weighted by Crippen LogP contribution is -2.47. The summed E-state index contributed by atoms with van der Waals surface area (Å²) in [7, 11) is 1.51. The minimum absolute atomic E-state index is 0.00629. The fraction of sp³-hybridized carbons (Fsp3) is 0.556. The molecule has 1 aliphatic carbocycles. The van der Waals surface area contributed by atoms with Crippen LogP contribution in [-0.2, 0) is 7.05 Å². The third-order valence-electron chi connectivity index (χ3n) is 7.89. The summed E-state index contributed by atoms with van der Waals surface area (Å²) in [6, 6.07) is 5.70. The van der Waals surface area contributed by atoms with Crippen molar-refractivity contribution >= 4 is 17.5 Å². The standard InChI is InChI=1S/C27H35FN10O/c1-5-19-7-6-12-37(19)27(2,3)10-11-30-24-18(15-29)16-31-25(33-24)32-22-14-23(38-26(39)36(4)34-35-38)20(13-21(22)28)17-8-9-17/h13-14,16-17,19H,5-12H2,1-4H3,(H2,30,31,32,33)/t19-/m1/s1. The van der Waals surface area contributed by atoms with Gasteiger partial charge >= 0.3 is 5.69 Å². The molecule has 0 bridgehead atoms. The molecule has 5 rings (SSSR count). The highest BCUT2D eigenvalue weighted by Gasteiger charge is 2.34. The lowest BCUT2D eigenvalue weighted by molar-refractivity contribution is 0.0977. The highest BCUT2D eigenvalue weighted by Crippen LogP contribution is 2.44. The summed E-state index contributed by atoms with van der Waals surface area (Å²) in [4.78, 5) is 23.8. The van der Waals surface area contributed by atoms with Crippen LogP contribution in [0.2, 0.25) is 0 Å². The van der Waals surface area contributed by atoms with E-state index < -0.39 is 11.5 Å². The van der Waals surface area contributed by atoms with Gasteiger partial charge in [0.05, 0.1) is 17.6 Å². The summed E-state index contributed by atoms with van der Waals surface area (Å²) in [5.41, 5.74) is 1.19. The first-order valence-corrected chi connectivity index (χ1v) is 13.6. The summed E-state index contributed by atoms with van der Waals surface area (Å²) in [6.07, 6.45) is 7.74. The number of anilines is 3. The van der Waals surface area contributed by atoms with Gasteiger partial charge in [0.15, 0.2) is 0 Å². The number of halogens is 1. The summed E-state index contributed by atoms with van der Waals surface area (Å²) in [6.45, 7) is 8.48. The van der Waals surface area contributed by atoms with Crippen molar-refractivity contribution < 1.29 is 4.39 Å². The van der Waals surface area contributed by atoms with E-state index in [-0.39, 0.29) is 23.1 Å². The summed E-state index contributed by atoms with van der Waals surface area (Å²) >= 11 is 0. The van der Waals surface area contributed by atoms with E-state index in [4.69, 9.17) is 0 Å². The van der Waals surface area contributed by atoms with Gasteiger partial charge < -0.3 is 10.6 Å². The van der Waals surface area contributed by atoms with Crippen molar-refractivity contribution in [2.24, 2.45) is 7.05 Å². The van der Waals surface area contributed by atoms with Crippen LogP contribution in [-0.4, -0.2) is 59.3 Å². The highest BCUT2D eigenvalue weighted by molar-refractivity contribution is 5.63. The number of aryl methyl sites for hydroxylation is 1. The van der Waals surface area contributed by atoms with Gasteiger partial charge in [0, 0.05) is 25.2 Å². The molecule has 1 saturated carbocycles. The van der Waals surface area contributed by atoms with Gasteiger partial charge in [-0.3, -0.25) is 4.90 Å². The molecule has 206 valence electrons. The van der Waals surface area contributed by atoms with Crippen LogP contribution < -0.4 is 16.3 Å². The maximum Gasteiger partial charge on any atom is 0.368 e. The first kappa shape index (κ1) is 26.7. The molecule has 2 aliphatic rings. The van der Waals surface area contributed by atoms with E-state index in [1.54, 1.807) is 0 Å². The Kier molecular flexibility index (Phi) is 7.36. The number of tetrazole rings is 1. The van der Waals surface area contributed by atoms with E-state index in [0.717, 1.165) is 42.5 Å². The number of benzene rings is 1. The number of hydrogen-bond acceptors (Lipinski definition) is 9. The Hall–Kier alpha value is -3.85. The van der Waals surface area contributed by atoms with Crippen molar-refractivity contribution in [3.05, 3.63) is 45.8 Å². The summed E-state index contributed by atoms with van der Waals surface area (Å²) < 4.78 is 17.5. The monoisotopic (exact) mass is 534 g/mol. The first-order chi connectivity index (χ1) is 18.7. The predicted molar refractivity (Wildman–Crippen MR) is 146 cm³/mol. The largest absolute Gasteiger partial charge is 0.369 e. The Morgan fingerprint density at radius 2 is 2.03 bits per heavy atom. The zero-order valence-electron chi connectivity index (χ0n) is 22.9. The number of rotatable bonds is 10. The molecule has 12 heteroatoms. The average Bonchev–Trinajstić information content (AvgIpc) is 3.55.